The zero-order valence-corrected chi connectivity index (χ0v) is 13.3. The van der Waals surface area contributed by atoms with E-state index in [1.165, 1.54) is 6.20 Å². The highest BCUT2D eigenvalue weighted by Crippen LogP contribution is 2.21. The van der Waals surface area contributed by atoms with Gasteiger partial charge in [-0.05, 0) is 18.7 Å². The molecule has 6 heteroatoms. The van der Waals surface area contributed by atoms with Crippen LogP contribution in [0.4, 0.5) is 5.82 Å². The van der Waals surface area contributed by atoms with Crippen LogP contribution in [0, 0.1) is 0 Å². The molecular formula is C13H20ClN3OS. The van der Waals surface area contributed by atoms with Gasteiger partial charge in [0.2, 0.25) is 0 Å². The summed E-state index contributed by atoms with van der Waals surface area (Å²) in [5.74, 6) is 1.49. The van der Waals surface area contributed by atoms with Crippen molar-refractivity contribution in [1.29, 1.82) is 0 Å². The predicted molar refractivity (Wildman–Crippen MR) is 83.3 cm³/mol. The number of nitrogens with one attached hydrogen (secondary N) is 1. The molecule has 19 heavy (non-hydrogen) atoms. The number of pyridine rings is 1. The van der Waals surface area contributed by atoms with Gasteiger partial charge < -0.3 is 10.2 Å². The van der Waals surface area contributed by atoms with Crippen LogP contribution < -0.4 is 5.32 Å². The van der Waals surface area contributed by atoms with Crippen LogP contribution in [0.2, 0.25) is 5.02 Å². The number of carbonyl (C=O) groups excluding carboxylic acids is 1. The molecular weight excluding hydrogens is 282 g/mol. The number of carbonyl (C=O) groups is 1. The van der Waals surface area contributed by atoms with E-state index in [0.717, 1.165) is 12.2 Å². The molecule has 1 aromatic rings. The lowest BCUT2D eigenvalue weighted by molar-refractivity contribution is 0.0744. The number of amides is 1. The smallest absolute Gasteiger partial charge is 0.255 e. The van der Waals surface area contributed by atoms with Crippen molar-refractivity contribution in [1.82, 2.24) is 9.88 Å². The summed E-state index contributed by atoms with van der Waals surface area (Å²) in [5.41, 5.74) is 0.489. The number of nitrogens with zero attached hydrogens (tertiary/aromatic N) is 2. The van der Waals surface area contributed by atoms with Gasteiger partial charge in [0, 0.05) is 32.1 Å². The molecule has 106 valence electrons. The van der Waals surface area contributed by atoms with E-state index in [0.29, 0.717) is 16.4 Å². The highest BCUT2D eigenvalue weighted by atomic mass is 35.5. The van der Waals surface area contributed by atoms with Crippen LogP contribution in [0.25, 0.3) is 0 Å². The predicted octanol–water partition coefficient (Wildman–Crippen LogP) is 2.99. The van der Waals surface area contributed by atoms with Gasteiger partial charge in [-0.1, -0.05) is 18.5 Å². The number of aromatic nitrogens is 1. The van der Waals surface area contributed by atoms with Crippen LogP contribution in [0.1, 0.15) is 23.7 Å². The summed E-state index contributed by atoms with van der Waals surface area (Å²) in [6.07, 6.45) is 4.47. The molecule has 0 aromatic carbocycles. The number of rotatable bonds is 6. The Morgan fingerprint density at radius 1 is 1.63 bits per heavy atom. The lowest BCUT2D eigenvalue weighted by atomic mass is 10.1. The Balaban J connectivity index is 2.98. The van der Waals surface area contributed by atoms with E-state index < -0.39 is 0 Å². The SMILES string of the molecule is CCC(CSC)N(C)C(=O)c1cc(NC)ncc1Cl. The normalized spacial score (nSPS) is 12.1. The molecule has 0 spiro atoms. The molecule has 0 aliphatic rings. The van der Waals surface area contributed by atoms with Crippen molar-refractivity contribution in [2.75, 3.05) is 31.4 Å². The Morgan fingerprint density at radius 3 is 2.84 bits per heavy atom. The molecule has 0 saturated carbocycles. The molecule has 1 amide bonds. The first kappa shape index (κ1) is 16.1. The zero-order chi connectivity index (χ0) is 14.4. The van der Waals surface area contributed by atoms with Gasteiger partial charge in [-0.25, -0.2) is 4.98 Å². The van der Waals surface area contributed by atoms with Crippen molar-refractivity contribution in [3.63, 3.8) is 0 Å². The summed E-state index contributed by atoms with van der Waals surface area (Å²) >= 11 is 7.81. The molecule has 1 N–H and O–H groups in total. The molecule has 0 aliphatic heterocycles. The third kappa shape index (κ3) is 4.01. The Kier molecular flexibility index (Phi) is 6.45. The summed E-state index contributed by atoms with van der Waals surface area (Å²) in [4.78, 5) is 18.3. The zero-order valence-electron chi connectivity index (χ0n) is 11.7. The standard InChI is InChI=1S/C13H20ClN3OS/c1-5-9(8-19-4)17(3)13(18)10-6-12(15-2)16-7-11(10)14/h6-7,9H,5,8H2,1-4H3,(H,15,16). The lowest BCUT2D eigenvalue weighted by Crippen LogP contribution is -2.38. The van der Waals surface area contributed by atoms with Gasteiger partial charge in [0.05, 0.1) is 10.6 Å². The quantitative estimate of drug-likeness (QED) is 0.877. The van der Waals surface area contributed by atoms with E-state index in [-0.39, 0.29) is 11.9 Å². The van der Waals surface area contributed by atoms with Crippen molar-refractivity contribution < 1.29 is 4.79 Å². The van der Waals surface area contributed by atoms with Crippen LogP contribution >= 0.6 is 23.4 Å². The highest BCUT2D eigenvalue weighted by Gasteiger charge is 2.21. The molecule has 0 radical (unpaired) electrons. The molecule has 0 aliphatic carbocycles. The third-order valence-corrected chi connectivity index (χ3v) is 4.06. The Bertz CT molecular complexity index is 442. The molecule has 1 rings (SSSR count). The number of hydrogen-bond donors (Lipinski definition) is 1. The van der Waals surface area contributed by atoms with Crippen molar-refractivity contribution in [3.05, 3.63) is 22.8 Å². The van der Waals surface area contributed by atoms with Crippen LogP contribution in [-0.2, 0) is 0 Å². The summed E-state index contributed by atoms with van der Waals surface area (Å²) in [7, 11) is 3.58. The average molecular weight is 302 g/mol. The Labute approximate surface area is 123 Å². The second-order valence-electron chi connectivity index (χ2n) is 4.23. The van der Waals surface area contributed by atoms with Crippen LogP contribution in [-0.4, -0.2) is 47.9 Å². The van der Waals surface area contributed by atoms with Gasteiger partial charge in [0.15, 0.2) is 0 Å². The average Bonchev–Trinajstić information content (AvgIpc) is 2.43. The van der Waals surface area contributed by atoms with Crippen LogP contribution in [0.5, 0.6) is 0 Å². The van der Waals surface area contributed by atoms with Gasteiger partial charge >= 0.3 is 0 Å². The van der Waals surface area contributed by atoms with Crippen LogP contribution in [0.3, 0.4) is 0 Å². The topological polar surface area (TPSA) is 45.2 Å². The van der Waals surface area contributed by atoms with Crippen molar-refractivity contribution in [2.24, 2.45) is 0 Å². The van der Waals surface area contributed by atoms with E-state index in [2.05, 4.69) is 17.2 Å². The largest absolute Gasteiger partial charge is 0.373 e. The molecule has 0 fully saturated rings. The number of hydrogen-bond acceptors (Lipinski definition) is 4. The summed E-state index contributed by atoms with van der Waals surface area (Å²) < 4.78 is 0. The molecule has 1 heterocycles. The van der Waals surface area contributed by atoms with E-state index in [1.807, 2.05) is 13.3 Å². The first-order chi connectivity index (χ1) is 9.04. The minimum absolute atomic E-state index is 0.0650. The maximum absolute atomic E-state index is 12.5. The summed E-state index contributed by atoms with van der Waals surface area (Å²) in [5, 5.41) is 3.30. The fraction of sp³-hybridized carbons (Fsp3) is 0.538. The molecule has 4 nitrogen and oxygen atoms in total. The van der Waals surface area contributed by atoms with Gasteiger partial charge in [-0.15, -0.1) is 0 Å². The fourth-order valence-corrected chi connectivity index (χ4v) is 2.82. The van der Waals surface area contributed by atoms with Crippen molar-refractivity contribution >= 4 is 35.1 Å². The molecule has 0 bridgehead atoms. The number of anilines is 1. The third-order valence-electron chi connectivity index (χ3n) is 3.04. The molecule has 1 aromatic heterocycles. The number of thioether (sulfide) groups is 1. The highest BCUT2D eigenvalue weighted by molar-refractivity contribution is 7.98. The van der Waals surface area contributed by atoms with E-state index >= 15 is 0 Å². The van der Waals surface area contributed by atoms with E-state index in [9.17, 15) is 4.79 Å². The molecule has 1 unspecified atom stereocenters. The van der Waals surface area contributed by atoms with Crippen molar-refractivity contribution in [3.8, 4) is 0 Å². The second kappa shape index (κ2) is 7.60. The summed E-state index contributed by atoms with van der Waals surface area (Å²) in [6, 6.07) is 1.90. The molecule has 0 saturated heterocycles. The maximum atomic E-state index is 12.5. The van der Waals surface area contributed by atoms with Gasteiger partial charge in [0.1, 0.15) is 5.82 Å². The van der Waals surface area contributed by atoms with Crippen molar-refractivity contribution in [2.45, 2.75) is 19.4 Å². The van der Waals surface area contributed by atoms with E-state index in [1.54, 1.807) is 29.8 Å². The lowest BCUT2D eigenvalue weighted by Gasteiger charge is -2.27. The van der Waals surface area contributed by atoms with Gasteiger partial charge in [-0.3, -0.25) is 4.79 Å². The minimum Gasteiger partial charge on any atom is -0.373 e. The maximum Gasteiger partial charge on any atom is 0.255 e. The Hall–Kier alpha value is -0.940. The summed E-state index contributed by atoms with van der Waals surface area (Å²) in [6.45, 7) is 2.08. The molecule has 1 atom stereocenters. The second-order valence-corrected chi connectivity index (χ2v) is 5.55. The first-order valence-electron chi connectivity index (χ1n) is 6.14. The van der Waals surface area contributed by atoms with Gasteiger partial charge in [0.25, 0.3) is 5.91 Å². The first-order valence-corrected chi connectivity index (χ1v) is 7.91. The minimum atomic E-state index is -0.0650. The monoisotopic (exact) mass is 301 g/mol. The van der Waals surface area contributed by atoms with Crippen LogP contribution in [0.15, 0.2) is 12.3 Å². The Morgan fingerprint density at radius 2 is 2.32 bits per heavy atom. The fourth-order valence-electron chi connectivity index (χ4n) is 1.79. The van der Waals surface area contributed by atoms with Gasteiger partial charge in [-0.2, -0.15) is 11.8 Å². The van der Waals surface area contributed by atoms with E-state index in [4.69, 9.17) is 11.6 Å². The number of halogens is 1.